The number of nitrogens with one attached hydrogen (secondary N) is 2. The molecule has 2 aromatic rings. The molecule has 0 unspecified atom stereocenters. The van der Waals surface area contributed by atoms with E-state index in [2.05, 4.69) is 31.4 Å². The molecule has 1 aromatic carbocycles. The van der Waals surface area contributed by atoms with Crippen LogP contribution in [0.4, 0.5) is 5.69 Å². The van der Waals surface area contributed by atoms with E-state index >= 15 is 0 Å². The lowest BCUT2D eigenvalue weighted by Gasteiger charge is -2.15. The average Bonchev–Trinajstić information content (AvgIpc) is 3.13. The number of hydrogen-bond donors (Lipinski definition) is 3. The van der Waals surface area contributed by atoms with Crippen LogP contribution in [-0.4, -0.2) is 58.9 Å². The van der Waals surface area contributed by atoms with Crippen molar-refractivity contribution in [2.75, 3.05) is 32.1 Å². The lowest BCUT2D eigenvalue weighted by molar-refractivity contribution is -0.136. The van der Waals surface area contributed by atoms with Crippen LogP contribution in [0.5, 0.6) is 0 Å². The first-order valence-corrected chi connectivity index (χ1v) is 7.95. The van der Waals surface area contributed by atoms with Gasteiger partial charge in [-0.2, -0.15) is 5.10 Å². The average molecular weight is 395 g/mol. The molecule has 0 atom stereocenters. The van der Waals surface area contributed by atoms with E-state index in [1.165, 1.54) is 12.0 Å². The number of benzene rings is 1. The van der Waals surface area contributed by atoms with Gasteiger partial charge in [0, 0.05) is 16.4 Å². The molecule has 0 bridgehead atoms. The number of aliphatic hydroxyl groups excluding tert-OH is 1. The summed E-state index contributed by atoms with van der Waals surface area (Å²) in [6, 6.07) is 3.64. The molecule has 0 fully saturated rings. The number of fused-ring (bicyclic) bond motifs is 1. The van der Waals surface area contributed by atoms with Gasteiger partial charge in [-0.15, -0.1) is 0 Å². The molecule has 0 saturated heterocycles. The van der Waals surface area contributed by atoms with Crippen LogP contribution in [0.15, 0.2) is 34.1 Å². The number of esters is 1. The zero-order valence-electron chi connectivity index (χ0n) is 12.8. The highest BCUT2D eigenvalue weighted by molar-refractivity contribution is 9.10. The van der Waals surface area contributed by atoms with Crippen LogP contribution < -0.4 is 5.32 Å². The maximum atomic E-state index is 12.5. The number of anilines is 1. The van der Waals surface area contributed by atoms with Crippen molar-refractivity contribution in [2.24, 2.45) is 0 Å². The number of aromatic nitrogens is 2. The summed E-state index contributed by atoms with van der Waals surface area (Å²) < 4.78 is 5.48. The fraction of sp³-hybridized carbons (Fsp3) is 0.267. The molecule has 126 valence electrons. The maximum Gasteiger partial charge on any atom is 0.337 e. The van der Waals surface area contributed by atoms with Crippen molar-refractivity contribution in [3.63, 3.8) is 0 Å². The Hall–Kier alpha value is -2.39. The molecular weight excluding hydrogens is 380 g/mol. The predicted octanol–water partition coefficient (Wildman–Crippen LogP) is 0.999. The number of methoxy groups -OCH3 is 1. The number of rotatable bonds is 5. The van der Waals surface area contributed by atoms with Gasteiger partial charge in [0.1, 0.15) is 5.70 Å². The van der Waals surface area contributed by atoms with E-state index in [9.17, 15) is 9.59 Å². The van der Waals surface area contributed by atoms with E-state index in [1.54, 1.807) is 12.3 Å². The molecule has 0 aliphatic carbocycles. The summed E-state index contributed by atoms with van der Waals surface area (Å²) in [5.74, 6) is -0.939. The number of β-amino-alcohol motifs (C(OH)–C–C–N with tert-alkyl or cyclic N) is 1. The minimum Gasteiger partial charge on any atom is -0.466 e. The summed E-state index contributed by atoms with van der Waals surface area (Å²) in [5, 5.41) is 19.8. The molecule has 3 rings (SSSR count). The third-order valence-electron chi connectivity index (χ3n) is 3.74. The fourth-order valence-electron chi connectivity index (χ4n) is 2.54. The Morgan fingerprint density at radius 1 is 1.54 bits per heavy atom. The molecular formula is C15H15BrN4O4. The molecule has 1 aromatic heterocycles. The lowest BCUT2D eigenvalue weighted by atomic mass is 10.2. The van der Waals surface area contributed by atoms with Crippen molar-refractivity contribution in [1.29, 1.82) is 0 Å². The molecule has 1 aliphatic rings. The van der Waals surface area contributed by atoms with Gasteiger partial charge in [-0.05, 0) is 28.1 Å². The van der Waals surface area contributed by atoms with E-state index in [4.69, 9.17) is 9.84 Å². The monoisotopic (exact) mass is 394 g/mol. The van der Waals surface area contributed by atoms with E-state index < -0.39 is 5.97 Å². The van der Waals surface area contributed by atoms with Gasteiger partial charge in [0.25, 0.3) is 5.91 Å². The molecule has 9 heteroatoms. The van der Waals surface area contributed by atoms with Crippen molar-refractivity contribution in [3.8, 4) is 0 Å². The van der Waals surface area contributed by atoms with Crippen LogP contribution >= 0.6 is 15.9 Å². The van der Waals surface area contributed by atoms with E-state index in [1.807, 2.05) is 6.07 Å². The highest BCUT2D eigenvalue weighted by Gasteiger charge is 2.34. The highest BCUT2D eigenvalue weighted by atomic mass is 79.9. The molecule has 0 saturated carbocycles. The summed E-state index contributed by atoms with van der Waals surface area (Å²) in [6.45, 7) is 0.0564. The third-order valence-corrected chi connectivity index (χ3v) is 4.40. The Kier molecular flexibility index (Phi) is 4.54. The molecule has 0 radical (unpaired) electrons. The van der Waals surface area contributed by atoms with Crippen molar-refractivity contribution < 1.29 is 19.4 Å². The topological polar surface area (TPSA) is 108 Å². The second-order valence-corrected chi connectivity index (χ2v) is 6.06. The number of H-pyrrole nitrogens is 1. The zero-order valence-corrected chi connectivity index (χ0v) is 14.4. The van der Waals surface area contributed by atoms with Gasteiger partial charge in [-0.25, -0.2) is 4.79 Å². The third kappa shape index (κ3) is 2.87. The second-order valence-electron chi connectivity index (χ2n) is 5.21. The van der Waals surface area contributed by atoms with E-state index in [0.29, 0.717) is 5.69 Å². The summed E-state index contributed by atoms with van der Waals surface area (Å²) in [6.07, 6.45) is 1.69. The van der Waals surface area contributed by atoms with E-state index in [0.717, 1.165) is 15.4 Å². The van der Waals surface area contributed by atoms with Gasteiger partial charge in [0.05, 0.1) is 43.2 Å². The first-order valence-electron chi connectivity index (χ1n) is 7.16. The minimum absolute atomic E-state index is 0.0956. The normalized spacial score (nSPS) is 14.6. The van der Waals surface area contributed by atoms with Gasteiger partial charge in [-0.1, -0.05) is 0 Å². The number of aliphatic hydroxyl groups is 1. The molecule has 3 N–H and O–H groups in total. The SMILES string of the molecule is COC(=O)C1=C(Nc2cc3[nH]ncc3cc2Br)C(=O)N(CCO)C1. The summed E-state index contributed by atoms with van der Waals surface area (Å²) in [7, 11) is 1.26. The summed E-state index contributed by atoms with van der Waals surface area (Å²) in [5.41, 5.74) is 1.78. The van der Waals surface area contributed by atoms with Gasteiger partial charge >= 0.3 is 5.97 Å². The fourth-order valence-corrected chi connectivity index (χ4v) is 3.00. The molecule has 2 heterocycles. The van der Waals surface area contributed by atoms with Crippen LogP contribution in [0.25, 0.3) is 10.9 Å². The van der Waals surface area contributed by atoms with Gasteiger partial charge in [0.2, 0.25) is 0 Å². The number of nitrogens with zero attached hydrogens (tertiary/aromatic N) is 2. The Morgan fingerprint density at radius 2 is 2.33 bits per heavy atom. The van der Waals surface area contributed by atoms with E-state index in [-0.39, 0.29) is 36.9 Å². The number of aromatic amines is 1. The first-order chi connectivity index (χ1) is 11.5. The van der Waals surface area contributed by atoms with Gasteiger partial charge in [-0.3, -0.25) is 9.89 Å². The molecule has 1 amide bonds. The number of carbonyl (C=O) groups is 2. The molecule has 1 aliphatic heterocycles. The largest absolute Gasteiger partial charge is 0.466 e. The number of carbonyl (C=O) groups excluding carboxylic acids is 2. The van der Waals surface area contributed by atoms with Crippen LogP contribution in [0.3, 0.4) is 0 Å². The predicted molar refractivity (Wildman–Crippen MR) is 90.1 cm³/mol. The van der Waals surface area contributed by atoms with Crippen molar-refractivity contribution in [1.82, 2.24) is 15.1 Å². The van der Waals surface area contributed by atoms with Crippen LogP contribution in [-0.2, 0) is 14.3 Å². The molecule has 0 spiro atoms. The number of halogens is 1. The van der Waals surface area contributed by atoms with Crippen LogP contribution in [0.1, 0.15) is 0 Å². The smallest absolute Gasteiger partial charge is 0.337 e. The standard InChI is InChI=1S/C15H15BrN4O4/c1-24-15(23)9-7-20(2-3-21)14(22)13(9)18-12-5-11-8(4-10(12)16)6-17-19-11/h4-6,18,21H,2-3,7H2,1H3,(H,17,19). The molecule has 8 nitrogen and oxygen atoms in total. The summed E-state index contributed by atoms with van der Waals surface area (Å²) in [4.78, 5) is 25.9. The first kappa shape index (κ1) is 16.5. The quantitative estimate of drug-likeness (QED) is 0.652. The lowest BCUT2D eigenvalue weighted by Crippen LogP contribution is -2.31. The van der Waals surface area contributed by atoms with Crippen molar-refractivity contribution >= 4 is 44.4 Å². The van der Waals surface area contributed by atoms with Crippen molar-refractivity contribution in [2.45, 2.75) is 0 Å². The number of hydrogen-bond acceptors (Lipinski definition) is 6. The Labute approximate surface area is 145 Å². The van der Waals surface area contributed by atoms with Crippen LogP contribution in [0, 0.1) is 0 Å². The number of ether oxygens (including phenoxy) is 1. The summed E-state index contributed by atoms with van der Waals surface area (Å²) >= 11 is 3.44. The maximum absolute atomic E-state index is 12.5. The molecule has 24 heavy (non-hydrogen) atoms. The van der Waals surface area contributed by atoms with Gasteiger partial charge in [0.15, 0.2) is 0 Å². The van der Waals surface area contributed by atoms with Crippen molar-refractivity contribution in [3.05, 3.63) is 34.1 Å². The Bertz CT molecular complexity index is 845. The Balaban J connectivity index is 1.98. The number of amides is 1. The second kappa shape index (κ2) is 6.62. The van der Waals surface area contributed by atoms with Gasteiger partial charge < -0.3 is 20.1 Å². The minimum atomic E-state index is -0.579. The highest BCUT2D eigenvalue weighted by Crippen LogP contribution is 2.30. The zero-order chi connectivity index (χ0) is 17.3. The van der Waals surface area contributed by atoms with Crippen LogP contribution in [0.2, 0.25) is 0 Å². The Morgan fingerprint density at radius 3 is 3.04 bits per heavy atom.